The fourth-order valence-electron chi connectivity index (χ4n) is 3.47. The number of hydrogen-bond donors (Lipinski definition) is 0. The zero-order valence-corrected chi connectivity index (χ0v) is 22.3. The lowest BCUT2D eigenvalue weighted by atomic mass is 10.2. The minimum Gasteiger partial charge on any atom is -0.457 e. The van der Waals surface area contributed by atoms with Gasteiger partial charge in [0.1, 0.15) is 11.5 Å². The standard InChI is InChI=1S/C25H32IN2O2P/c1-7-28(8-2)22-10-9-11-23(18-22)30-31(25(4,5)6,24-17-12-19(3)29-24)27-21-15-13-20(26)14-16-21/h9-18H,7-8H2,1-6H3. The molecule has 0 aliphatic carbocycles. The highest BCUT2D eigenvalue weighted by Crippen LogP contribution is 2.62. The third kappa shape index (κ3) is 5.38. The molecule has 31 heavy (non-hydrogen) atoms. The van der Waals surface area contributed by atoms with Crippen LogP contribution < -0.4 is 14.9 Å². The Bertz CT molecular complexity index is 1060. The number of hydrogen-bond acceptors (Lipinski definition) is 4. The van der Waals surface area contributed by atoms with E-state index in [2.05, 4.69) is 92.4 Å². The van der Waals surface area contributed by atoms with Crippen molar-refractivity contribution in [3.63, 3.8) is 0 Å². The molecule has 0 aliphatic rings. The summed E-state index contributed by atoms with van der Waals surface area (Å²) < 4.78 is 19.5. The average molecular weight is 550 g/mol. The number of benzene rings is 2. The Kier molecular flexibility index (Phi) is 7.59. The molecule has 0 amide bonds. The van der Waals surface area contributed by atoms with Crippen molar-refractivity contribution < 1.29 is 8.94 Å². The first-order valence-electron chi connectivity index (χ1n) is 10.7. The van der Waals surface area contributed by atoms with E-state index in [1.54, 1.807) is 0 Å². The summed E-state index contributed by atoms with van der Waals surface area (Å²) in [4.78, 5) is 2.32. The molecule has 166 valence electrons. The summed E-state index contributed by atoms with van der Waals surface area (Å²) >= 11 is 2.31. The molecule has 3 rings (SSSR count). The van der Waals surface area contributed by atoms with Crippen LogP contribution in [0.1, 0.15) is 40.4 Å². The van der Waals surface area contributed by atoms with E-state index in [1.165, 1.54) is 3.57 Å². The zero-order valence-electron chi connectivity index (χ0n) is 19.2. The molecule has 1 aromatic heterocycles. The largest absolute Gasteiger partial charge is 0.457 e. The van der Waals surface area contributed by atoms with Crippen molar-refractivity contribution in [1.82, 2.24) is 0 Å². The van der Waals surface area contributed by atoms with E-state index >= 15 is 0 Å². The molecular formula is C25H32IN2O2P. The van der Waals surface area contributed by atoms with Crippen LogP contribution in [0.2, 0.25) is 0 Å². The quantitative estimate of drug-likeness (QED) is 0.221. The molecule has 0 spiro atoms. The lowest BCUT2D eigenvalue weighted by molar-refractivity contribution is 0.527. The highest BCUT2D eigenvalue weighted by Gasteiger charge is 2.41. The molecule has 4 nitrogen and oxygen atoms in total. The monoisotopic (exact) mass is 550 g/mol. The van der Waals surface area contributed by atoms with Crippen molar-refractivity contribution in [3.05, 3.63) is 70.0 Å². The van der Waals surface area contributed by atoms with E-state index in [4.69, 9.17) is 13.7 Å². The van der Waals surface area contributed by atoms with Crippen LogP contribution >= 0.6 is 29.9 Å². The van der Waals surface area contributed by atoms with Crippen LogP contribution in [0.15, 0.2) is 69.8 Å². The van der Waals surface area contributed by atoms with E-state index in [1.807, 2.05) is 37.3 Å². The molecule has 6 heteroatoms. The SMILES string of the molecule is CCN(CC)c1cccc(OP(=Nc2ccc(I)cc2)(c2ccc(C)o2)C(C)(C)C)c1. The van der Waals surface area contributed by atoms with Gasteiger partial charge in [-0.2, -0.15) is 0 Å². The summed E-state index contributed by atoms with van der Waals surface area (Å²) in [6, 6.07) is 20.6. The van der Waals surface area contributed by atoms with Crippen LogP contribution in [-0.4, -0.2) is 18.2 Å². The predicted molar refractivity (Wildman–Crippen MR) is 142 cm³/mol. The predicted octanol–water partition coefficient (Wildman–Crippen LogP) is 7.99. The van der Waals surface area contributed by atoms with E-state index in [0.29, 0.717) is 0 Å². The molecular weight excluding hydrogens is 518 g/mol. The summed E-state index contributed by atoms with van der Waals surface area (Å²) in [5.41, 5.74) is 2.86. The summed E-state index contributed by atoms with van der Waals surface area (Å²) in [6.45, 7) is 14.7. The number of aryl methyl sites for hydroxylation is 1. The molecule has 3 aromatic rings. The Labute approximate surface area is 200 Å². The maximum Gasteiger partial charge on any atom is 0.207 e. The van der Waals surface area contributed by atoms with E-state index < -0.39 is 7.28 Å². The van der Waals surface area contributed by atoms with Crippen LogP contribution in [0, 0.1) is 10.5 Å². The summed E-state index contributed by atoms with van der Waals surface area (Å²) in [5, 5.41) is -0.272. The second kappa shape index (κ2) is 9.83. The topological polar surface area (TPSA) is 38.0 Å². The molecule has 0 aliphatic heterocycles. The van der Waals surface area contributed by atoms with Crippen molar-refractivity contribution in [2.45, 2.75) is 46.7 Å². The molecule has 0 N–H and O–H groups in total. The first-order chi connectivity index (χ1) is 14.7. The van der Waals surface area contributed by atoms with Crippen molar-refractivity contribution in [1.29, 1.82) is 0 Å². The normalized spacial score (nSPS) is 13.5. The minimum atomic E-state index is -2.60. The first-order valence-corrected chi connectivity index (χ1v) is 13.4. The number of rotatable bonds is 7. The van der Waals surface area contributed by atoms with Gasteiger partial charge in [-0.1, -0.05) is 26.8 Å². The third-order valence-corrected chi connectivity index (χ3v) is 9.56. The van der Waals surface area contributed by atoms with E-state index in [9.17, 15) is 0 Å². The maximum absolute atomic E-state index is 6.90. The average Bonchev–Trinajstić information content (AvgIpc) is 3.16. The van der Waals surface area contributed by atoms with Crippen LogP contribution in [0.4, 0.5) is 11.4 Å². The van der Waals surface area contributed by atoms with Crippen molar-refractivity contribution in [2.24, 2.45) is 4.74 Å². The van der Waals surface area contributed by atoms with Crippen LogP contribution in [0.5, 0.6) is 5.75 Å². The summed E-state index contributed by atoms with van der Waals surface area (Å²) in [6.07, 6.45) is 0. The van der Waals surface area contributed by atoms with Gasteiger partial charge in [0.15, 0.2) is 5.50 Å². The van der Waals surface area contributed by atoms with Gasteiger partial charge in [-0.05, 0) is 91.9 Å². The zero-order chi connectivity index (χ0) is 22.6. The Morgan fingerprint density at radius 1 is 1.00 bits per heavy atom. The fraction of sp³-hybridized carbons (Fsp3) is 0.360. The molecule has 0 saturated heterocycles. The maximum atomic E-state index is 6.90. The molecule has 2 aromatic carbocycles. The Morgan fingerprint density at radius 3 is 2.23 bits per heavy atom. The van der Waals surface area contributed by atoms with E-state index in [-0.39, 0.29) is 5.16 Å². The van der Waals surface area contributed by atoms with E-state index in [0.717, 1.165) is 41.5 Å². The number of nitrogens with zero attached hydrogens (tertiary/aromatic N) is 2. The van der Waals surface area contributed by atoms with Crippen LogP contribution in [-0.2, 0) is 0 Å². The van der Waals surface area contributed by atoms with Gasteiger partial charge >= 0.3 is 0 Å². The van der Waals surface area contributed by atoms with Gasteiger partial charge in [0.25, 0.3) is 0 Å². The number of furan rings is 1. The van der Waals surface area contributed by atoms with Gasteiger partial charge in [-0.25, -0.2) is 4.74 Å². The highest BCUT2D eigenvalue weighted by atomic mass is 127. The van der Waals surface area contributed by atoms with Crippen molar-refractivity contribution in [2.75, 3.05) is 18.0 Å². The van der Waals surface area contributed by atoms with Gasteiger partial charge in [0.2, 0.25) is 7.28 Å². The lowest BCUT2D eigenvalue weighted by Gasteiger charge is -2.35. The first kappa shape index (κ1) is 23.9. The van der Waals surface area contributed by atoms with Crippen molar-refractivity contribution in [3.8, 4) is 5.75 Å². The Balaban J connectivity index is 2.21. The second-order valence-corrected chi connectivity index (χ2v) is 13.0. The summed E-state index contributed by atoms with van der Waals surface area (Å²) in [5.74, 6) is 1.68. The smallest absolute Gasteiger partial charge is 0.207 e. The van der Waals surface area contributed by atoms with Crippen LogP contribution in [0.25, 0.3) is 0 Å². The van der Waals surface area contributed by atoms with Crippen molar-refractivity contribution >= 4 is 46.7 Å². The molecule has 1 heterocycles. The van der Waals surface area contributed by atoms with Gasteiger partial charge in [-0.15, -0.1) is 0 Å². The molecule has 1 unspecified atom stereocenters. The van der Waals surface area contributed by atoms with Crippen LogP contribution in [0.3, 0.4) is 0 Å². The number of halogens is 1. The fourth-order valence-corrected chi connectivity index (χ4v) is 6.71. The Morgan fingerprint density at radius 2 is 1.68 bits per heavy atom. The molecule has 0 saturated carbocycles. The highest BCUT2D eigenvalue weighted by molar-refractivity contribution is 14.1. The van der Waals surface area contributed by atoms with Gasteiger partial charge in [-0.3, -0.25) is 0 Å². The second-order valence-electron chi connectivity index (χ2n) is 8.47. The third-order valence-electron chi connectivity index (χ3n) is 5.20. The molecule has 0 radical (unpaired) electrons. The van der Waals surface area contributed by atoms with Gasteiger partial charge < -0.3 is 13.8 Å². The molecule has 0 bridgehead atoms. The minimum absolute atomic E-state index is 0.272. The number of anilines is 1. The molecule has 1 atom stereocenters. The van der Waals surface area contributed by atoms with Gasteiger partial charge in [0.05, 0.1) is 5.69 Å². The lowest BCUT2D eigenvalue weighted by Crippen LogP contribution is -2.26. The summed E-state index contributed by atoms with van der Waals surface area (Å²) in [7, 11) is -2.60. The van der Waals surface area contributed by atoms with Gasteiger partial charge in [0, 0.05) is 33.6 Å². The Hall–Kier alpha value is -1.72. The molecule has 0 fully saturated rings.